The summed E-state index contributed by atoms with van der Waals surface area (Å²) in [5, 5.41) is 5.44. The number of hydrogen-bond acceptors (Lipinski definition) is 6. The van der Waals surface area contributed by atoms with Gasteiger partial charge < -0.3 is 24.7 Å². The first kappa shape index (κ1) is 22.5. The first-order valence-corrected chi connectivity index (χ1v) is 10.7. The Hall–Kier alpha value is -3.66. The third kappa shape index (κ3) is 4.90. The van der Waals surface area contributed by atoms with Gasteiger partial charge in [0, 0.05) is 38.4 Å². The summed E-state index contributed by atoms with van der Waals surface area (Å²) < 4.78 is 24.7. The minimum atomic E-state index is -0.772. The predicted molar refractivity (Wildman–Crippen MR) is 116 cm³/mol. The number of benzene rings is 1. The molecule has 2 aromatic rings. The van der Waals surface area contributed by atoms with Crippen LogP contribution < -0.4 is 10.6 Å². The second-order valence-electron chi connectivity index (χ2n) is 7.71. The highest BCUT2D eigenvalue weighted by molar-refractivity contribution is 5.95. The Morgan fingerprint density at radius 3 is 2.58 bits per heavy atom. The second-order valence-corrected chi connectivity index (χ2v) is 7.71. The average molecular weight is 456 g/mol. The Morgan fingerprint density at radius 2 is 1.91 bits per heavy atom. The molecule has 2 aliphatic rings. The maximum Gasteiger partial charge on any atom is 0.338 e. The summed E-state index contributed by atoms with van der Waals surface area (Å²) >= 11 is 0. The number of carbonyl (C=O) groups is 3. The number of ether oxygens (including phenoxy) is 1. The van der Waals surface area contributed by atoms with Crippen molar-refractivity contribution >= 4 is 17.9 Å². The van der Waals surface area contributed by atoms with Gasteiger partial charge in [-0.2, -0.15) is 0 Å². The number of urea groups is 1. The van der Waals surface area contributed by atoms with E-state index < -0.39 is 23.9 Å². The highest BCUT2D eigenvalue weighted by Crippen LogP contribution is 2.28. The van der Waals surface area contributed by atoms with Crippen molar-refractivity contribution in [3.63, 3.8) is 0 Å². The van der Waals surface area contributed by atoms with Crippen molar-refractivity contribution < 1.29 is 27.9 Å². The normalized spacial score (nSPS) is 19.2. The van der Waals surface area contributed by atoms with Crippen molar-refractivity contribution in [3.05, 3.63) is 71.1 Å². The summed E-state index contributed by atoms with van der Waals surface area (Å²) in [6, 6.07) is 8.05. The zero-order chi connectivity index (χ0) is 23.4. The van der Waals surface area contributed by atoms with Crippen molar-refractivity contribution in [2.45, 2.75) is 13.0 Å². The fourth-order valence-corrected chi connectivity index (χ4v) is 4.00. The highest BCUT2D eigenvalue weighted by atomic mass is 19.1. The zero-order valence-corrected chi connectivity index (χ0v) is 18.2. The predicted octanol–water partition coefficient (Wildman–Crippen LogP) is 2.05. The fraction of sp³-hybridized carbons (Fsp3) is 0.348. The van der Waals surface area contributed by atoms with Gasteiger partial charge in [-0.1, -0.05) is 12.1 Å². The number of hydrogen-bond donors (Lipinski definition) is 2. The number of nitrogens with zero attached hydrogens (tertiary/aromatic N) is 2. The molecule has 1 fully saturated rings. The van der Waals surface area contributed by atoms with Gasteiger partial charge in [0.25, 0.3) is 5.91 Å². The van der Waals surface area contributed by atoms with Crippen LogP contribution in [0.4, 0.5) is 9.18 Å². The van der Waals surface area contributed by atoms with Crippen LogP contribution in [0.1, 0.15) is 29.1 Å². The molecule has 174 valence electrons. The smallest absolute Gasteiger partial charge is 0.338 e. The Labute approximate surface area is 190 Å². The Morgan fingerprint density at radius 1 is 1.15 bits per heavy atom. The van der Waals surface area contributed by atoms with Crippen LogP contribution in [0.2, 0.25) is 0 Å². The van der Waals surface area contributed by atoms with Crippen LogP contribution in [-0.4, -0.2) is 67.0 Å². The maximum absolute atomic E-state index is 14.0. The molecule has 4 rings (SSSR count). The summed E-state index contributed by atoms with van der Waals surface area (Å²) in [4.78, 5) is 41.4. The number of rotatable bonds is 6. The molecule has 1 atom stereocenters. The van der Waals surface area contributed by atoms with Crippen molar-refractivity contribution in [1.82, 2.24) is 20.4 Å². The molecule has 9 nitrogen and oxygen atoms in total. The van der Waals surface area contributed by atoms with Gasteiger partial charge in [0.1, 0.15) is 17.6 Å². The van der Waals surface area contributed by atoms with Crippen LogP contribution in [0.25, 0.3) is 0 Å². The second kappa shape index (κ2) is 9.86. The molecule has 10 heteroatoms. The Balaban J connectivity index is 1.50. The highest BCUT2D eigenvalue weighted by Gasteiger charge is 2.36. The monoisotopic (exact) mass is 456 g/mol. The lowest BCUT2D eigenvalue weighted by molar-refractivity contribution is -0.139. The van der Waals surface area contributed by atoms with Gasteiger partial charge in [-0.3, -0.25) is 9.69 Å². The van der Waals surface area contributed by atoms with Crippen LogP contribution in [0.3, 0.4) is 0 Å². The number of nitrogens with one attached hydrogen (secondary N) is 2. The molecule has 1 saturated heterocycles. The molecule has 1 aromatic heterocycles. The summed E-state index contributed by atoms with van der Waals surface area (Å²) in [6.45, 7) is 3.95. The number of amides is 3. The average Bonchev–Trinajstić information content (AvgIpc) is 3.34. The molecule has 3 amide bonds. The lowest BCUT2D eigenvalue weighted by Gasteiger charge is -2.36. The Bertz CT molecular complexity index is 1060. The van der Waals surface area contributed by atoms with Gasteiger partial charge in [-0.25, -0.2) is 14.0 Å². The molecule has 33 heavy (non-hydrogen) atoms. The summed E-state index contributed by atoms with van der Waals surface area (Å²) in [6.07, 6.45) is 1.47. The summed E-state index contributed by atoms with van der Waals surface area (Å²) in [5.74, 6) is -1.02. The van der Waals surface area contributed by atoms with E-state index in [2.05, 4.69) is 10.6 Å². The third-order valence-corrected chi connectivity index (χ3v) is 5.62. The standard InChI is InChI=1S/C23H25FN4O5/c1-2-32-22(30)19-17(25-23(31)26-20(19)18-8-5-13-33-18)14-27-9-11-28(12-10-27)21(29)15-6-3-4-7-16(15)24/h3-8,13,20H,2,9-12,14H2,1H3,(H2,25,26,31). The minimum absolute atomic E-state index is 0.0464. The topological polar surface area (TPSA) is 104 Å². The van der Waals surface area contributed by atoms with E-state index in [1.807, 2.05) is 4.90 Å². The first-order valence-electron chi connectivity index (χ1n) is 10.7. The van der Waals surface area contributed by atoms with E-state index in [0.29, 0.717) is 37.6 Å². The van der Waals surface area contributed by atoms with E-state index >= 15 is 0 Å². The van der Waals surface area contributed by atoms with Gasteiger partial charge in [-0.15, -0.1) is 0 Å². The van der Waals surface area contributed by atoms with Crippen molar-refractivity contribution in [1.29, 1.82) is 0 Å². The van der Waals surface area contributed by atoms with Gasteiger partial charge in [0.05, 0.1) is 24.0 Å². The Kier molecular flexibility index (Phi) is 6.74. The molecule has 2 aliphatic heterocycles. The van der Waals surface area contributed by atoms with Crippen LogP contribution in [-0.2, 0) is 9.53 Å². The zero-order valence-electron chi connectivity index (χ0n) is 18.2. The summed E-state index contributed by atoms with van der Waals surface area (Å²) in [5.41, 5.74) is 0.744. The van der Waals surface area contributed by atoms with Gasteiger partial charge in [-0.05, 0) is 31.2 Å². The first-order chi connectivity index (χ1) is 16.0. The van der Waals surface area contributed by atoms with Gasteiger partial charge in [0.2, 0.25) is 0 Å². The molecule has 1 aromatic carbocycles. The van der Waals surface area contributed by atoms with Gasteiger partial charge >= 0.3 is 12.0 Å². The molecule has 0 aliphatic carbocycles. The number of esters is 1. The lowest BCUT2D eigenvalue weighted by Crippen LogP contribution is -2.52. The third-order valence-electron chi connectivity index (χ3n) is 5.62. The van der Waals surface area contributed by atoms with E-state index in [0.717, 1.165) is 0 Å². The van der Waals surface area contributed by atoms with Crippen molar-refractivity contribution in [2.75, 3.05) is 39.3 Å². The van der Waals surface area contributed by atoms with E-state index in [4.69, 9.17) is 9.15 Å². The van der Waals surface area contributed by atoms with E-state index in [1.165, 1.54) is 18.4 Å². The number of carbonyl (C=O) groups excluding carboxylic acids is 3. The molecular weight excluding hydrogens is 431 g/mol. The molecule has 2 N–H and O–H groups in total. The number of piperazine rings is 1. The number of furan rings is 1. The van der Waals surface area contributed by atoms with Crippen LogP contribution in [0.5, 0.6) is 0 Å². The largest absolute Gasteiger partial charge is 0.467 e. The van der Waals surface area contributed by atoms with Crippen LogP contribution in [0.15, 0.2) is 58.3 Å². The van der Waals surface area contributed by atoms with Crippen LogP contribution >= 0.6 is 0 Å². The van der Waals surface area contributed by atoms with Gasteiger partial charge in [0.15, 0.2) is 0 Å². The quantitative estimate of drug-likeness (QED) is 0.645. The molecule has 0 radical (unpaired) electrons. The van der Waals surface area contributed by atoms with E-state index in [-0.39, 0.29) is 30.2 Å². The molecule has 0 bridgehead atoms. The molecule has 0 spiro atoms. The summed E-state index contributed by atoms with van der Waals surface area (Å²) in [7, 11) is 0. The van der Waals surface area contributed by atoms with E-state index in [9.17, 15) is 18.8 Å². The van der Waals surface area contributed by atoms with E-state index in [1.54, 1.807) is 36.1 Å². The van der Waals surface area contributed by atoms with Crippen molar-refractivity contribution in [2.24, 2.45) is 0 Å². The molecule has 1 unspecified atom stereocenters. The molecule has 3 heterocycles. The SMILES string of the molecule is CCOC(=O)C1=C(CN2CCN(C(=O)c3ccccc3F)CC2)NC(=O)NC1c1ccco1. The maximum atomic E-state index is 14.0. The van der Waals surface area contributed by atoms with Crippen LogP contribution in [0, 0.1) is 5.82 Å². The molecular formula is C23H25FN4O5. The number of halogens is 1. The fourth-order valence-electron chi connectivity index (χ4n) is 4.00. The molecule has 0 saturated carbocycles. The minimum Gasteiger partial charge on any atom is -0.467 e. The van der Waals surface area contributed by atoms with Crippen molar-refractivity contribution in [3.8, 4) is 0 Å². The lowest BCUT2D eigenvalue weighted by atomic mass is 9.99.